The van der Waals surface area contributed by atoms with Gasteiger partial charge in [0.05, 0.1) is 10.6 Å². The predicted molar refractivity (Wildman–Crippen MR) is 119 cm³/mol. The lowest BCUT2D eigenvalue weighted by molar-refractivity contribution is 0.102. The van der Waals surface area contributed by atoms with Gasteiger partial charge in [0.25, 0.3) is 5.91 Å². The van der Waals surface area contributed by atoms with E-state index in [1.807, 2.05) is 17.5 Å². The van der Waals surface area contributed by atoms with Crippen LogP contribution in [0.4, 0.5) is 10.8 Å². The molecule has 9 heteroatoms. The number of nitrogens with two attached hydrogens (primary N) is 1. The number of anilines is 2. The number of nitrogens with zero attached hydrogens (tertiary/aromatic N) is 2. The second kappa shape index (κ2) is 8.55. The zero-order chi connectivity index (χ0) is 21.1. The van der Waals surface area contributed by atoms with Crippen LogP contribution in [0.25, 0.3) is 11.3 Å². The van der Waals surface area contributed by atoms with Gasteiger partial charge in [0, 0.05) is 35.3 Å². The van der Waals surface area contributed by atoms with Crippen LogP contribution in [0.15, 0.2) is 58.8 Å². The van der Waals surface area contributed by atoms with Crippen LogP contribution >= 0.6 is 11.3 Å². The van der Waals surface area contributed by atoms with Crippen molar-refractivity contribution in [1.82, 2.24) is 9.29 Å². The number of nitrogen functional groups attached to an aromatic ring is 1. The Morgan fingerprint density at radius 3 is 2.33 bits per heavy atom. The number of carbonyl (C=O) groups is 1. The Labute approximate surface area is 179 Å². The molecular formula is C21H22N4O3S2. The quantitative estimate of drug-likeness (QED) is 0.585. The van der Waals surface area contributed by atoms with Crippen LogP contribution in [0.3, 0.4) is 0 Å². The third-order valence-corrected chi connectivity index (χ3v) is 7.67. The van der Waals surface area contributed by atoms with E-state index in [2.05, 4.69) is 10.3 Å². The zero-order valence-corrected chi connectivity index (χ0v) is 17.9. The first-order chi connectivity index (χ1) is 14.4. The van der Waals surface area contributed by atoms with Crippen LogP contribution < -0.4 is 11.1 Å². The molecule has 1 aromatic heterocycles. The van der Waals surface area contributed by atoms with Gasteiger partial charge in [-0.3, -0.25) is 10.1 Å². The van der Waals surface area contributed by atoms with Gasteiger partial charge < -0.3 is 5.73 Å². The van der Waals surface area contributed by atoms with Crippen molar-refractivity contribution in [3.8, 4) is 11.3 Å². The summed E-state index contributed by atoms with van der Waals surface area (Å²) in [4.78, 5) is 17.2. The van der Waals surface area contributed by atoms with Gasteiger partial charge in [-0.15, -0.1) is 11.3 Å². The lowest BCUT2D eigenvalue weighted by atomic mass is 10.1. The Kier molecular flexibility index (Phi) is 5.85. The first kappa shape index (κ1) is 20.5. The number of benzene rings is 2. The number of amides is 1. The minimum atomic E-state index is -3.51. The summed E-state index contributed by atoms with van der Waals surface area (Å²) in [6.07, 6.45) is 2.82. The number of carbonyl (C=O) groups excluding carboxylic acids is 1. The molecule has 1 saturated heterocycles. The molecule has 7 nitrogen and oxygen atoms in total. The highest BCUT2D eigenvalue weighted by Crippen LogP contribution is 2.26. The van der Waals surface area contributed by atoms with E-state index in [0.717, 1.165) is 30.5 Å². The number of nitrogens with one attached hydrogen (secondary N) is 1. The Hall–Kier alpha value is -2.75. The second-order valence-corrected chi connectivity index (χ2v) is 9.90. The van der Waals surface area contributed by atoms with Crippen LogP contribution in [-0.2, 0) is 10.0 Å². The van der Waals surface area contributed by atoms with Gasteiger partial charge in [0.2, 0.25) is 10.0 Å². The minimum absolute atomic E-state index is 0.209. The molecule has 3 aromatic rings. The molecule has 4 rings (SSSR count). The van der Waals surface area contributed by atoms with Crippen molar-refractivity contribution in [1.29, 1.82) is 0 Å². The smallest absolute Gasteiger partial charge is 0.257 e. The maximum absolute atomic E-state index is 12.7. The summed E-state index contributed by atoms with van der Waals surface area (Å²) in [6.45, 7) is 1.09. The third-order valence-electron chi connectivity index (χ3n) is 5.00. The van der Waals surface area contributed by atoms with Gasteiger partial charge in [-0.25, -0.2) is 13.4 Å². The normalized spacial score (nSPS) is 15.1. The van der Waals surface area contributed by atoms with Gasteiger partial charge in [0.15, 0.2) is 5.13 Å². The van der Waals surface area contributed by atoms with Crippen molar-refractivity contribution in [3.05, 3.63) is 59.5 Å². The number of aromatic nitrogens is 1. The fraction of sp³-hybridized carbons (Fsp3) is 0.238. The molecular weight excluding hydrogens is 420 g/mol. The fourth-order valence-electron chi connectivity index (χ4n) is 3.32. The second-order valence-electron chi connectivity index (χ2n) is 7.10. The molecule has 0 saturated carbocycles. The summed E-state index contributed by atoms with van der Waals surface area (Å²) >= 11 is 1.32. The molecule has 0 radical (unpaired) electrons. The molecule has 0 unspecified atom stereocenters. The Balaban J connectivity index is 1.45. The van der Waals surface area contributed by atoms with Crippen LogP contribution in [0.2, 0.25) is 0 Å². The molecule has 1 fully saturated rings. The van der Waals surface area contributed by atoms with Crippen molar-refractivity contribution < 1.29 is 13.2 Å². The molecule has 2 heterocycles. The van der Waals surface area contributed by atoms with Crippen LogP contribution in [0.5, 0.6) is 0 Å². The van der Waals surface area contributed by atoms with Crippen molar-refractivity contribution >= 4 is 38.1 Å². The fourth-order valence-corrected chi connectivity index (χ4v) is 5.55. The van der Waals surface area contributed by atoms with Gasteiger partial charge in [0.1, 0.15) is 0 Å². The SMILES string of the molecule is Nc1ccc(-c2csc(NC(=O)c3ccc(S(=O)(=O)N4CCCCC4)cc3)n2)cc1. The van der Waals surface area contributed by atoms with E-state index in [9.17, 15) is 13.2 Å². The number of piperidine rings is 1. The Bertz CT molecular complexity index is 1130. The zero-order valence-electron chi connectivity index (χ0n) is 16.2. The summed E-state index contributed by atoms with van der Waals surface area (Å²) in [7, 11) is -3.51. The van der Waals surface area contributed by atoms with Crippen LogP contribution in [0.1, 0.15) is 29.6 Å². The molecule has 1 aliphatic rings. The average molecular weight is 443 g/mol. The summed E-state index contributed by atoms with van der Waals surface area (Å²) in [6, 6.07) is 13.4. The molecule has 0 aliphatic carbocycles. The molecule has 156 valence electrons. The molecule has 1 aliphatic heterocycles. The average Bonchev–Trinajstić information content (AvgIpc) is 3.23. The highest BCUT2D eigenvalue weighted by Gasteiger charge is 2.26. The monoisotopic (exact) mass is 442 g/mol. The van der Waals surface area contributed by atoms with Crippen molar-refractivity contribution in [2.45, 2.75) is 24.2 Å². The summed E-state index contributed by atoms with van der Waals surface area (Å²) < 4.78 is 27.0. The highest BCUT2D eigenvalue weighted by atomic mass is 32.2. The lowest BCUT2D eigenvalue weighted by Crippen LogP contribution is -2.35. The molecule has 0 spiro atoms. The minimum Gasteiger partial charge on any atom is -0.399 e. The number of hydrogen-bond acceptors (Lipinski definition) is 6. The van der Waals surface area contributed by atoms with E-state index in [-0.39, 0.29) is 10.8 Å². The summed E-state index contributed by atoms with van der Waals surface area (Å²) in [5.74, 6) is -0.338. The number of thiazole rings is 1. The molecule has 3 N–H and O–H groups in total. The van der Waals surface area contributed by atoms with Crippen molar-refractivity contribution in [3.63, 3.8) is 0 Å². The number of rotatable bonds is 5. The first-order valence-corrected chi connectivity index (χ1v) is 12.0. The Morgan fingerprint density at radius 2 is 1.67 bits per heavy atom. The molecule has 0 bridgehead atoms. The predicted octanol–water partition coefficient (Wildman–Crippen LogP) is 3.82. The largest absolute Gasteiger partial charge is 0.399 e. The number of hydrogen-bond donors (Lipinski definition) is 2. The summed E-state index contributed by atoms with van der Waals surface area (Å²) in [5.41, 5.74) is 8.41. The highest BCUT2D eigenvalue weighted by molar-refractivity contribution is 7.89. The first-order valence-electron chi connectivity index (χ1n) is 9.66. The van der Waals surface area contributed by atoms with Gasteiger partial charge in [-0.05, 0) is 49.2 Å². The topological polar surface area (TPSA) is 105 Å². The van der Waals surface area contributed by atoms with E-state index in [4.69, 9.17) is 5.73 Å². The van der Waals surface area contributed by atoms with E-state index >= 15 is 0 Å². The third kappa shape index (κ3) is 4.38. The van der Waals surface area contributed by atoms with Crippen molar-refractivity contribution in [2.75, 3.05) is 24.1 Å². The Morgan fingerprint density at radius 1 is 1.00 bits per heavy atom. The van der Waals surface area contributed by atoms with Gasteiger partial charge >= 0.3 is 0 Å². The number of sulfonamides is 1. The lowest BCUT2D eigenvalue weighted by Gasteiger charge is -2.25. The molecule has 2 aromatic carbocycles. The van der Waals surface area contributed by atoms with Crippen LogP contribution in [0, 0.1) is 0 Å². The van der Waals surface area contributed by atoms with E-state index in [1.165, 1.54) is 39.9 Å². The van der Waals surface area contributed by atoms with Crippen molar-refractivity contribution in [2.24, 2.45) is 0 Å². The van der Waals surface area contributed by atoms with E-state index in [1.54, 1.807) is 12.1 Å². The molecule has 30 heavy (non-hydrogen) atoms. The standard InChI is InChI=1S/C21H22N4O3S2/c22-17-8-4-15(5-9-17)19-14-29-21(23-19)24-20(26)16-6-10-18(11-7-16)30(27,28)25-12-2-1-3-13-25/h4-11,14H,1-3,12-13,22H2,(H,23,24,26). The maximum atomic E-state index is 12.7. The van der Waals surface area contributed by atoms with E-state index in [0.29, 0.717) is 29.5 Å². The molecule has 0 atom stereocenters. The molecule has 1 amide bonds. The maximum Gasteiger partial charge on any atom is 0.257 e. The van der Waals surface area contributed by atoms with E-state index < -0.39 is 10.0 Å². The van der Waals surface area contributed by atoms with Gasteiger partial charge in [-0.2, -0.15) is 4.31 Å². The van der Waals surface area contributed by atoms with Gasteiger partial charge in [-0.1, -0.05) is 18.6 Å². The van der Waals surface area contributed by atoms with Crippen LogP contribution in [-0.4, -0.2) is 36.7 Å². The summed E-state index contributed by atoms with van der Waals surface area (Å²) in [5, 5.41) is 5.09.